The molecular weight excluding hydrogens is 1100 g/mol. The van der Waals surface area contributed by atoms with E-state index in [1.165, 1.54) is 19.2 Å². The maximum Gasteiger partial charge on any atom is 1.00 e. The molecule has 4 aromatic rings. The zero-order chi connectivity index (χ0) is 49.4. The van der Waals surface area contributed by atoms with Crippen molar-refractivity contribution in [2.45, 2.75) is 104 Å². The second kappa shape index (κ2) is 41.7. The number of rotatable bonds is 24. The van der Waals surface area contributed by atoms with Gasteiger partial charge in [0, 0.05) is 51.6 Å². The average Bonchev–Trinajstić information content (AvgIpc) is 3.34. The van der Waals surface area contributed by atoms with E-state index in [0.29, 0.717) is 19.0 Å². The Balaban J connectivity index is -0.00000128. The van der Waals surface area contributed by atoms with Crippen molar-refractivity contribution in [1.82, 2.24) is 10.6 Å². The van der Waals surface area contributed by atoms with E-state index in [4.69, 9.17) is 70.1 Å². The predicted molar refractivity (Wildman–Crippen MR) is 309 cm³/mol. The number of esters is 1. The Kier molecular flexibility index (Phi) is 41.7. The van der Waals surface area contributed by atoms with Crippen LogP contribution in [0.4, 0.5) is 0 Å². The van der Waals surface area contributed by atoms with E-state index in [2.05, 4.69) is 20.6 Å². The first-order valence-electron chi connectivity index (χ1n) is 23.0. The first kappa shape index (κ1) is 75.9. The van der Waals surface area contributed by atoms with Gasteiger partial charge in [0.2, 0.25) is 0 Å². The molecule has 2 amide bonds. The minimum absolute atomic E-state index is 0. The van der Waals surface area contributed by atoms with Gasteiger partial charge < -0.3 is 50.4 Å². The van der Waals surface area contributed by atoms with Crippen LogP contribution in [-0.4, -0.2) is 110 Å². The Labute approximate surface area is 493 Å². The van der Waals surface area contributed by atoms with Gasteiger partial charge in [-0.15, -0.1) is 0 Å². The van der Waals surface area contributed by atoms with E-state index in [0.717, 1.165) is 119 Å². The number of amides is 2. The van der Waals surface area contributed by atoms with Gasteiger partial charge in [0.25, 0.3) is 11.8 Å². The van der Waals surface area contributed by atoms with Crippen molar-refractivity contribution in [2.75, 3.05) is 46.6 Å². The molecule has 76 heavy (non-hydrogen) atoms. The molecule has 16 nitrogen and oxygen atoms in total. The van der Waals surface area contributed by atoms with Crippen LogP contribution in [0.3, 0.4) is 0 Å². The number of carboxylic acids is 1. The number of hydrogen-bond donors (Lipinski definition) is 3. The molecule has 23 heteroatoms. The molecule has 0 fully saturated rings. The number of benzene rings is 4. The number of halogens is 4. The van der Waals surface area contributed by atoms with Crippen LogP contribution in [0.15, 0.2) is 94.9 Å². The number of aliphatic imine (C=N–C) groups is 2. The fourth-order valence-corrected chi connectivity index (χ4v) is 8.28. The third-order valence-corrected chi connectivity index (χ3v) is 12.1. The van der Waals surface area contributed by atoms with Gasteiger partial charge in [-0.3, -0.25) is 19.6 Å². The van der Waals surface area contributed by atoms with E-state index in [-0.39, 0.29) is 116 Å². The zero-order valence-electron chi connectivity index (χ0n) is 41.4. The van der Waals surface area contributed by atoms with Crippen molar-refractivity contribution in [3.8, 4) is 11.5 Å². The van der Waals surface area contributed by atoms with E-state index >= 15 is 0 Å². The Hall–Kier alpha value is -4.32. The molecule has 2 heterocycles. The molecule has 0 spiro atoms. The number of methoxy groups -OCH3 is 1. The van der Waals surface area contributed by atoms with Crippen LogP contribution in [0.25, 0.3) is 0 Å². The number of ether oxygens (including phenoxy) is 5. The summed E-state index contributed by atoms with van der Waals surface area (Å²) in [4.78, 5) is 58.0. The summed E-state index contributed by atoms with van der Waals surface area (Å²) in [7, 11) is 1.27. The van der Waals surface area contributed by atoms with Crippen molar-refractivity contribution in [2.24, 2.45) is 9.98 Å². The molecule has 418 valence electrons. The third kappa shape index (κ3) is 26.4. The Morgan fingerprint density at radius 3 is 1.32 bits per heavy atom. The maximum atomic E-state index is 12.7. The fraction of sp³-hybridized carbons (Fsp3) is 0.434. The summed E-state index contributed by atoms with van der Waals surface area (Å²) in [5.41, 5.74) is 1.76. The van der Waals surface area contributed by atoms with Crippen LogP contribution in [0.2, 0.25) is 20.1 Å². The molecule has 0 saturated carbocycles. The topological polar surface area (TPSA) is 245 Å². The van der Waals surface area contributed by atoms with Gasteiger partial charge in [-0.25, -0.2) is 9.59 Å². The normalized spacial score (nSPS) is 12.6. The van der Waals surface area contributed by atoms with Crippen LogP contribution >= 0.6 is 73.4 Å². The van der Waals surface area contributed by atoms with Crippen molar-refractivity contribution in [3.05, 3.63) is 127 Å². The van der Waals surface area contributed by atoms with Gasteiger partial charge in [-0.1, -0.05) is 97.7 Å². The zero-order valence-corrected chi connectivity index (χ0v) is 46.5. The van der Waals surface area contributed by atoms with Crippen LogP contribution in [0.1, 0.15) is 111 Å². The molecule has 6 N–H and O–H groups in total. The number of nitrogens with zero attached hydrogens (tertiary/aromatic N) is 2. The van der Waals surface area contributed by atoms with Gasteiger partial charge in [0.1, 0.15) is 23.6 Å². The smallest absolute Gasteiger partial charge is 0.870 e. The molecule has 0 saturated heterocycles. The summed E-state index contributed by atoms with van der Waals surface area (Å²) in [5, 5.41) is 15.5. The molecule has 0 bridgehead atoms. The third-order valence-electron chi connectivity index (χ3n) is 10.8. The van der Waals surface area contributed by atoms with Crippen molar-refractivity contribution in [3.63, 3.8) is 0 Å². The minimum atomic E-state index is -1.15. The number of hydrogen-bond acceptors (Lipinski definition) is 12. The van der Waals surface area contributed by atoms with Gasteiger partial charge in [0.15, 0.2) is 11.8 Å². The summed E-state index contributed by atoms with van der Waals surface area (Å²) in [6, 6.07) is 22.0. The molecule has 0 aliphatic carbocycles. The molecule has 2 aliphatic heterocycles. The van der Waals surface area contributed by atoms with Crippen LogP contribution < -0.4 is 39.0 Å². The van der Waals surface area contributed by atoms with Crippen LogP contribution in [0.5, 0.6) is 11.5 Å². The SMILES string of the molecule is C.C.COC(=O)[C@H](Cc1ccc(OCCCCCC2=NCCCO2)cc1)NC(=O)c1c(Cl)cccc1Cl.O.O=C(N[C@@H](Cc1ccc(OCCCCCC2=NCCCO2)cc1)C(=O)O)c1c(Cl)cccc1Cl.S.S.[Li+].[OH-]. The number of aliphatic carboxylic acids is 1. The predicted octanol–water partition coefficient (Wildman–Crippen LogP) is 7.94. The van der Waals surface area contributed by atoms with E-state index in [9.17, 15) is 24.3 Å². The van der Waals surface area contributed by atoms with Crippen LogP contribution in [-0.2, 0) is 36.6 Å². The molecule has 6 rings (SSSR count). The molecule has 4 aromatic carbocycles. The largest absolute Gasteiger partial charge is 1.00 e. The van der Waals surface area contributed by atoms with Gasteiger partial charge in [-0.05, 0) is 98.2 Å². The summed E-state index contributed by atoms with van der Waals surface area (Å²) < 4.78 is 27.5. The second-order valence-corrected chi connectivity index (χ2v) is 17.7. The van der Waals surface area contributed by atoms with Crippen molar-refractivity contribution in [1.29, 1.82) is 0 Å². The van der Waals surface area contributed by atoms with E-state index < -0.39 is 35.8 Å². The molecular formula is C53H73Cl4LiN4O12S2. The van der Waals surface area contributed by atoms with E-state index in [1.54, 1.807) is 48.5 Å². The van der Waals surface area contributed by atoms with Gasteiger partial charge in [-0.2, -0.15) is 27.0 Å². The fourth-order valence-electron chi connectivity index (χ4n) is 7.14. The number of carbonyl (C=O) groups is 4. The first-order valence-corrected chi connectivity index (χ1v) is 24.5. The average molecular weight is 1170 g/mol. The maximum absolute atomic E-state index is 12.7. The Morgan fingerprint density at radius 1 is 0.605 bits per heavy atom. The Morgan fingerprint density at radius 2 is 0.974 bits per heavy atom. The van der Waals surface area contributed by atoms with E-state index in [1.807, 2.05) is 24.3 Å². The summed E-state index contributed by atoms with van der Waals surface area (Å²) in [6.07, 6.45) is 10.1. The first-order chi connectivity index (χ1) is 33.4. The number of unbranched alkanes of at least 4 members (excludes halogenated alkanes) is 4. The molecule has 0 unspecified atom stereocenters. The number of carbonyl (C=O) groups excluding carboxylic acids is 3. The van der Waals surface area contributed by atoms with Gasteiger partial charge >= 0.3 is 30.8 Å². The quantitative estimate of drug-likeness (QED) is 0.0345. The molecule has 0 radical (unpaired) electrons. The van der Waals surface area contributed by atoms with Crippen molar-refractivity contribution >= 4 is 109 Å². The number of nitrogens with one attached hydrogen (secondary N) is 2. The van der Waals surface area contributed by atoms with Crippen LogP contribution in [0, 0.1) is 0 Å². The van der Waals surface area contributed by atoms with Gasteiger partial charge in [0.05, 0.1) is 64.8 Å². The number of carboxylic acid groups (broad SMARTS) is 1. The monoisotopic (exact) mass is 1170 g/mol. The summed E-state index contributed by atoms with van der Waals surface area (Å²) >= 11 is 24.3. The second-order valence-electron chi connectivity index (χ2n) is 16.1. The molecule has 2 aliphatic rings. The minimum Gasteiger partial charge on any atom is -0.870 e. The van der Waals surface area contributed by atoms with Crippen molar-refractivity contribution < 1.29 is 77.8 Å². The summed E-state index contributed by atoms with van der Waals surface area (Å²) in [6.45, 7) is 4.50. The molecule has 2 atom stereocenters. The molecule has 0 aromatic heterocycles. The standard InChI is InChI=1S/C26H30Cl2N2O5.C25H28Cl2N2O5.2CH4.Li.2H2O.2H2S/c1-33-26(32)22(30-25(31)24-20(27)7-5-8-21(24)28)17-18-10-12-19(13-11-18)34-15-4-2-3-9-23-29-14-6-16-35-23;26-19-6-4-7-20(27)23(19)24(30)29-21(25(31)32)16-17-9-11-18(12-10-17)33-14-3-1-2-8-22-28-13-5-15-34-22;;;;;;;/h5,7-8,10-13,22H,2-4,6,9,14-17H2,1H3,(H,30,31);4,6-7,9-12,21H,1-3,5,8,13-16H2,(H,29,30)(H,31,32);2*1H4;;4*1H2/q;;;;+1;;;;/p-1/t22-;21-;;;;;;;/m00......./s1. The summed E-state index contributed by atoms with van der Waals surface area (Å²) in [5.74, 6) is 0.312. The Bertz CT molecular complexity index is 2350.